The van der Waals surface area contributed by atoms with Crippen molar-refractivity contribution in [2.75, 3.05) is 11.1 Å². The molecule has 3 aromatic rings. The Kier molecular flexibility index (Phi) is 5.96. The van der Waals surface area contributed by atoms with E-state index in [0.29, 0.717) is 33.3 Å². The van der Waals surface area contributed by atoms with E-state index in [2.05, 4.69) is 15.5 Å². The zero-order chi connectivity index (χ0) is 17.6. The fraction of sp³-hybridized carbons (Fsp3) is 0.118. The maximum atomic E-state index is 12.0. The molecule has 1 amide bonds. The summed E-state index contributed by atoms with van der Waals surface area (Å²) in [6.07, 6.45) is 0.559. The first kappa shape index (κ1) is 17.8. The number of hydrogen-bond donors (Lipinski definition) is 1. The standard InChI is InChI=1S/C17H13Cl2N3O2S/c18-13-7-6-12(9-14(13)19)20-15(23)10-25-17-22-21-16(24-17)8-11-4-2-1-3-5-11/h1-7,9H,8,10H2,(H,20,23). The van der Waals surface area contributed by atoms with Gasteiger partial charge < -0.3 is 9.73 Å². The van der Waals surface area contributed by atoms with Gasteiger partial charge in [0.15, 0.2) is 0 Å². The van der Waals surface area contributed by atoms with Crippen LogP contribution in [0.2, 0.25) is 10.0 Å². The summed E-state index contributed by atoms with van der Waals surface area (Å²) >= 11 is 12.9. The third-order valence-electron chi connectivity index (χ3n) is 3.18. The molecule has 25 heavy (non-hydrogen) atoms. The summed E-state index contributed by atoms with van der Waals surface area (Å²) in [7, 11) is 0. The second kappa shape index (κ2) is 8.38. The number of hydrogen-bond acceptors (Lipinski definition) is 5. The van der Waals surface area contributed by atoms with Crippen molar-refractivity contribution < 1.29 is 9.21 Å². The summed E-state index contributed by atoms with van der Waals surface area (Å²) in [5.74, 6) is 0.456. The van der Waals surface area contributed by atoms with Gasteiger partial charge in [-0.3, -0.25) is 4.79 Å². The predicted molar refractivity (Wildman–Crippen MR) is 99.4 cm³/mol. The molecule has 0 spiro atoms. The van der Waals surface area contributed by atoms with Crippen LogP contribution in [-0.4, -0.2) is 21.9 Å². The number of benzene rings is 2. The average Bonchev–Trinajstić information content (AvgIpc) is 3.05. The van der Waals surface area contributed by atoms with Crippen LogP contribution in [0.3, 0.4) is 0 Å². The summed E-state index contributed by atoms with van der Waals surface area (Å²) in [6.45, 7) is 0. The lowest BCUT2D eigenvalue weighted by atomic mass is 10.2. The van der Waals surface area contributed by atoms with Gasteiger partial charge in [-0.2, -0.15) is 0 Å². The first-order valence-electron chi connectivity index (χ1n) is 7.34. The van der Waals surface area contributed by atoms with Crippen LogP contribution in [0.1, 0.15) is 11.5 Å². The van der Waals surface area contributed by atoms with Gasteiger partial charge in [0.25, 0.3) is 5.22 Å². The zero-order valence-corrected chi connectivity index (χ0v) is 15.2. The summed E-state index contributed by atoms with van der Waals surface area (Å²) in [5.41, 5.74) is 1.66. The molecular formula is C17H13Cl2N3O2S. The van der Waals surface area contributed by atoms with Crippen molar-refractivity contribution >= 4 is 46.6 Å². The summed E-state index contributed by atoms with van der Waals surface area (Å²) in [5, 5.41) is 11.8. The highest BCUT2D eigenvalue weighted by Gasteiger charge is 2.11. The number of rotatable bonds is 6. The van der Waals surface area contributed by atoms with Gasteiger partial charge >= 0.3 is 0 Å². The van der Waals surface area contributed by atoms with Crippen LogP contribution in [0.4, 0.5) is 5.69 Å². The first-order valence-corrected chi connectivity index (χ1v) is 9.08. The molecule has 0 aliphatic carbocycles. The highest BCUT2D eigenvalue weighted by molar-refractivity contribution is 7.99. The van der Waals surface area contributed by atoms with Gasteiger partial charge in [0.2, 0.25) is 11.8 Å². The average molecular weight is 394 g/mol. The van der Waals surface area contributed by atoms with Gasteiger partial charge in [-0.05, 0) is 23.8 Å². The lowest BCUT2D eigenvalue weighted by molar-refractivity contribution is -0.113. The number of aromatic nitrogens is 2. The van der Waals surface area contributed by atoms with E-state index in [9.17, 15) is 4.79 Å². The minimum atomic E-state index is -0.203. The van der Waals surface area contributed by atoms with Gasteiger partial charge in [0.1, 0.15) is 0 Å². The Morgan fingerprint density at radius 2 is 1.88 bits per heavy atom. The molecule has 3 rings (SSSR count). The summed E-state index contributed by atoms with van der Waals surface area (Å²) < 4.78 is 5.55. The Bertz CT molecular complexity index is 871. The monoisotopic (exact) mass is 393 g/mol. The predicted octanol–water partition coefficient (Wildman–Crippen LogP) is 4.70. The Labute approximate surface area is 158 Å². The molecular weight excluding hydrogens is 381 g/mol. The number of halogens is 2. The Balaban J connectivity index is 1.51. The number of carbonyl (C=O) groups is 1. The SMILES string of the molecule is O=C(CSc1nnc(Cc2ccccc2)o1)Nc1ccc(Cl)c(Cl)c1. The fourth-order valence-corrected chi connectivity index (χ4v) is 2.92. The van der Waals surface area contributed by atoms with Gasteiger partial charge in [0, 0.05) is 5.69 Å². The third kappa shape index (κ3) is 5.22. The number of thioether (sulfide) groups is 1. The van der Waals surface area contributed by atoms with Crippen LogP contribution < -0.4 is 5.32 Å². The van der Waals surface area contributed by atoms with E-state index in [1.165, 1.54) is 11.8 Å². The van der Waals surface area contributed by atoms with Crippen LogP contribution in [0.15, 0.2) is 58.2 Å². The van der Waals surface area contributed by atoms with Crippen LogP contribution in [0.25, 0.3) is 0 Å². The van der Waals surface area contributed by atoms with Crippen LogP contribution >= 0.6 is 35.0 Å². The molecule has 1 heterocycles. The van der Waals surface area contributed by atoms with Crippen LogP contribution in [0.5, 0.6) is 0 Å². The number of anilines is 1. The number of nitrogens with zero attached hydrogens (tertiary/aromatic N) is 2. The molecule has 0 fully saturated rings. The van der Waals surface area contributed by atoms with E-state index in [0.717, 1.165) is 5.56 Å². The van der Waals surface area contributed by atoms with Gasteiger partial charge in [0.05, 0.1) is 22.2 Å². The number of nitrogens with one attached hydrogen (secondary N) is 1. The molecule has 8 heteroatoms. The van der Waals surface area contributed by atoms with Crippen molar-refractivity contribution in [3.05, 3.63) is 70.0 Å². The molecule has 5 nitrogen and oxygen atoms in total. The number of carbonyl (C=O) groups excluding carboxylic acids is 1. The van der Waals surface area contributed by atoms with Crippen LogP contribution in [0, 0.1) is 0 Å². The van der Waals surface area contributed by atoms with Gasteiger partial charge in [-0.15, -0.1) is 10.2 Å². The van der Waals surface area contributed by atoms with Crippen molar-refractivity contribution in [1.29, 1.82) is 0 Å². The molecule has 1 aromatic heterocycles. The Hall–Kier alpha value is -2.02. The van der Waals surface area contributed by atoms with Crippen molar-refractivity contribution in [3.63, 3.8) is 0 Å². The van der Waals surface area contributed by atoms with Crippen LogP contribution in [-0.2, 0) is 11.2 Å². The molecule has 0 aliphatic heterocycles. The van der Waals surface area contributed by atoms with Gasteiger partial charge in [-0.25, -0.2) is 0 Å². The van der Waals surface area contributed by atoms with Crippen molar-refractivity contribution in [2.24, 2.45) is 0 Å². The Morgan fingerprint density at radius 3 is 2.64 bits per heavy atom. The first-order chi connectivity index (χ1) is 12.1. The highest BCUT2D eigenvalue weighted by Crippen LogP contribution is 2.25. The molecule has 0 saturated heterocycles. The van der Waals surface area contributed by atoms with Gasteiger partial charge in [-0.1, -0.05) is 65.3 Å². The molecule has 0 saturated carbocycles. The van der Waals surface area contributed by atoms with Crippen molar-refractivity contribution in [3.8, 4) is 0 Å². The smallest absolute Gasteiger partial charge is 0.277 e. The second-order valence-electron chi connectivity index (χ2n) is 5.09. The molecule has 0 radical (unpaired) electrons. The van der Waals surface area contributed by atoms with E-state index in [1.54, 1.807) is 18.2 Å². The maximum absolute atomic E-state index is 12.0. The lowest BCUT2D eigenvalue weighted by Crippen LogP contribution is -2.13. The van der Waals surface area contributed by atoms with E-state index >= 15 is 0 Å². The number of amides is 1. The Morgan fingerprint density at radius 1 is 1.08 bits per heavy atom. The molecule has 128 valence electrons. The quantitative estimate of drug-likeness (QED) is 0.614. The second-order valence-corrected chi connectivity index (χ2v) is 6.83. The molecule has 0 aliphatic rings. The lowest BCUT2D eigenvalue weighted by Gasteiger charge is -2.05. The minimum absolute atomic E-state index is 0.146. The molecule has 2 aromatic carbocycles. The summed E-state index contributed by atoms with van der Waals surface area (Å²) in [6, 6.07) is 14.7. The van der Waals surface area contributed by atoms with E-state index in [-0.39, 0.29) is 11.7 Å². The normalized spacial score (nSPS) is 10.6. The van der Waals surface area contributed by atoms with E-state index < -0.39 is 0 Å². The van der Waals surface area contributed by atoms with Crippen molar-refractivity contribution in [1.82, 2.24) is 10.2 Å². The molecule has 0 atom stereocenters. The molecule has 0 bridgehead atoms. The molecule has 0 unspecified atom stereocenters. The largest absolute Gasteiger partial charge is 0.416 e. The zero-order valence-electron chi connectivity index (χ0n) is 12.9. The topological polar surface area (TPSA) is 68.0 Å². The van der Waals surface area contributed by atoms with E-state index in [1.807, 2.05) is 30.3 Å². The maximum Gasteiger partial charge on any atom is 0.277 e. The minimum Gasteiger partial charge on any atom is -0.416 e. The third-order valence-corrected chi connectivity index (χ3v) is 4.73. The van der Waals surface area contributed by atoms with E-state index in [4.69, 9.17) is 27.6 Å². The fourth-order valence-electron chi connectivity index (χ4n) is 2.04. The molecule has 1 N–H and O–H groups in total. The summed E-state index contributed by atoms with van der Waals surface area (Å²) in [4.78, 5) is 12.0. The van der Waals surface area contributed by atoms with Crippen molar-refractivity contribution in [2.45, 2.75) is 11.6 Å². The highest BCUT2D eigenvalue weighted by atomic mass is 35.5.